The number of phenolic OH excluding ortho intramolecular Hbond substituents is 1. The van der Waals surface area contributed by atoms with E-state index in [4.69, 9.17) is 28.9 Å². The van der Waals surface area contributed by atoms with Crippen LogP contribution in [0.5, 0.6) is 5.75 Å². The smallest absolute Gasteiger partial charge is 0.120 e. The third-order valence-electron chi connectivity index (χ3n) is 5.28. The first kappa shape index (κ1) is 14.4. The van der Waals surface area contributed by atoms with Crippen molar-refractivity contribution in [2.24, 2.45) is 11.1 Å². The number of phenols is 1. The molecule has 110 valence electrons. The lowest BCUT2D eigenvalue weighted by Crippen LogP contribution is -2.31. The van der Waals surface area contributed by atoms with Crippen LogP contribution in [-0.4, -0.2) is 10.8 Å². The molecule has 0 radical (unpaired) electrons. The van der Waals surface area contributed by atoms with Crippen LogP contribution in [0.3, 0.4) is 0 Å². The molecule has 2 fully saturated rings. The summed E-state index contributed by atoms with van der Waals surface area (Å²) in [6.07, 6.45) is 3.18. The molecule has 0 aliphatic heterocycles. The Morgan fingerprint density at radius 3 is 2.40 bits per heavy atom. The number of rotatable bonds is 2. The molecule has 0 spiro atoms. The average Bonchev–Trinajstić information content (AvgIpc) is 2.91. The zero-order valence-electron chi connectivity index (χ0n) is 11.3. The monoisotopic (exact) mass is 317 g/mol. The minimum absolute atomic E-state index is 0.0868. The summed E-state index contributed by atoms with van der Waals surface area (Å²) in [7, 11) is 0. The second-order valence-electron chi connectivity index (χ2n) is 6.40. The van der Waals surface area contributed by atoms with Gasteiger partial charge in [0.2, 0.25) is 0 Å². The highest BCUT2D eigenvalue weighted by atomic mass is 35.5. The van der Waals surface area contributed by atoms with Crippen LogP contribution in [0.4, 0.5) is 4.39 Å². The van der Waals surface area contributed by atoms with Crippen LogP contribution in [0.1, 0.15) is 49.3 Å². The summed E-state index contributed by atoms with van der Waals surface area (Å²) in [4.78, 5) is 0. The Balaban J connectivity index is 2.06. The van der Waals surface area contributed by atoms with E-state index in [0.717, 1.165) is 12.8 Å². The van der Waals surface area contributed by atoms with Crippen molar-refractivity contribution in [3.05, 3.63) is 27.2 Å². The number of aromatic hydroxyl groups is 1. The summed E-state index contributed by atoms with van der Waals surface area (Å²) in [6, 6.07) is 1.04. The van der Waals surface area contributed by atoms with Crippen molar-refractivity contribution in [3.63, 3.8) is 0 Å². The molecule has 2 aliphatic carbocycles. The van der Waals surface area contributed by atoms with Crippen LogP contribution in [0.15, 0.2) is 6.07 Å². The third kappa shape index (κ3) is 1.94. The average molecular weight is 318 g/mol. The Hall–Kier alpha value is -0.510. The molecule has 0 saturated heterocycles. The molecular formula is C15H18Cl2FNO. The van der Waals surface area contributed by atoms with E-state index in [0.29, 0.717) is 40.4 Å². The van der Waals surface area contributed by atoms with E-state index < -0.39 is 5.67 Å². The minimum atomic E-state index is -1.06. The predicted molar refractivity (Wildman–Crippen MR) is 79.1 cm³/mol. The van der Waals surface area contributed by atoms with Crippen molar-refractivity contribution in [3.8, 4) is 5.75 Å². The van der Waals surface area contributed by atoms with Crippen molar-refractivity contribution < 1.29 is 9.50 Å². The molecule has 2 bridgehead atoms. The molecule has 3 N–H and O–H groups in total. The van der Waals surface area contributed by atoms with Gasteiger partial charge < -0.3 is 10.8 Å². The summed E-state index contributed by atoms with van der Waals surface area (Å²) in [5, 5.41) is 10.6. The first-order valence-corrected chi connectivity index (χ1v) is 7.66. The Bertz CT molecular complexity index is 541. The van der Waals surface area contributed by atoms with Crippen LogP contribution in [0.2, 0.25) is 10.0 Å². The van der Waals surface area contributed by atoms with Gasteiger partial charge in [-0.1, -0.05) is 23.2 Å². The van der Waals surface area contributed by atoms with Gasteiger partial charge in [-0.15, -0.1) is 0 Å². The summed E-state index contributed by atoms with van der Waals surface area (Å²) < 4.78 is 14.4. The summed E-state index contributed by atoms with van der Waals surface area (Å²) in [6.45, 7) is 1.77. The highest BCUT2D eigenvalue weighted by Gasteiger charge is 2.58. The molecule has 1 aromatic carbocycles. The molecule has 20 heavy (non-hydrogen) atoms. The van der Waals surface area contributed by atoms with Crippen LogP contribution in [0, 0.1) is 12.3 Å². The lowest BCUT2D eigenvalue weighted by atomic mass is 9.74. The van der Waals surface area contributed by atoms with Crippen LogP contribution in [0.25, 0.3) is 0 Å². The van der Waals surface area contributed by atoms with Crippen LogP contribution >= 0.6 is 23.2 Å². The highest BCUT2D eigenvalue weighted by molar-refractivity contribution is 6.42. The van der Waals surface area contributed by atoms with Gasteiger partial charge in [-0.05, 0) is 55.6 Å². The molecule has 3 rings (SSSR count). The predicted octanol–water partition coefficient (Wildman–Crippen LogP) is 4.68. The van der Waals surface area contributed by atoms with Gasteiger partial charge >= 0.3 is 0 Å². The van der Waals surface area contributed by atoms with Gasteiger partial charge in [0.1, 0.15) is 11.4 Å². The molecule has 2 saturated carbocycles. The number of benzene rings is 1. The fraction of sp³-hybridized carbons (Fsp3) is 0.600. The van der Waals surface area contributed by atoms with E-state index in [1.165, 1.54) is 6.07 Å². The van der Waals surface area contributed by atoms with Crippen molar-refractivity contribution in [1.29, 1.82) is 0 Å². The van der Waals surface area contributed by atoms with Gasteiger partial charge in [-0.25, -0.2) is 4.39 Å². The summed E-state index contributed by atoms with van der Waals surface area (Å²) >= 11 is 12.3. The first-order chi connectivity index (χ1) is 9.28. The van der Waals surface area contributed by atoms with E-state index >= 15 is 0 Å². The lowest BCUT2D eigenvalue weighted by molar-refractivity contribution is 0.175. The van der Waals surface area contributed by atoms with Crippen LogP contribution in [-0.2, 0) is 0 Å². The number of halogens is 3. The molecular weight excluding hydrogens is 300 g/mol. The standard InChI is InChI=1S/C15H18Cl2FNO/c1-8-10(20)6-9(16)12(17)11(8)13(19)14-2-4-15(18,7-14)5-3-14/h6,13,20H,2-5,7,19H2,1H3/t13-,14?,15?/m1/s1. The van der Waals surface area contributed by atoms with E-state index in [2.05, 4.69) is 0 Å². The van der Waals surface area contributed by atoms with Gasteiger partial charge in [-0.2, -0.15) is 0 Å². The quantitative estimate of drug-likeness (QED) is 0.831. The Morgan fingerprint density at radius 2 is 1.90 bits per heavy atom. The second-order valence-corrected chi connectivity index (χ2v) is 7.18. The molecule has 0 heterocycles. The maximum atomic E-state index is 14.4. The second kappa shape index (κ2) is 4.49. The number of fused-ring (bicyclic) bond motifs is 2. The van der Waals surface area contributed by atoms with Gasteiger partial charge in [-0.3, -0.25) is 0 Å². The van der Waals surface area contributed by atoms with Crippen LogP contribution < -0.4 is 5.73 Å². The third-order valence-corrected chi connectivity index (χ3v) is 6.08. The van der Waals surface area contributed by atoms with Gasteiger partial charge in [0.25, 0.3) is 0 Å². The fourth-order valence-electron chi connectivity index (χ4n) is 4.00. The topological polar surface area (TPSA) is 46.2 Å². The van der Waals surface area contributed by atoms with E-state index in [9.17, 15) is 9.50 Å². The molecule has 1 aromatic rings. The minimum Gasteiger partial charge on any atom is -0.508 e. The van der Waals surface area contributed by atoms with Gasteiger partial charge in [0, 0.05) is 12.1 Å². The molecule has 2 aliphatic rings. The molecule has 0 unspecified atom stereocenters. The van der Waals surface area contributed by atoms with Crippen molar-refractivity contribution >= 4 is 23.2 Å². The summed E-state index contributed by atoms with van der Waals surface area (Å²) in [5.41, 5.74) is 6.46. The summed E-state index contributed by atoms with van der Waals surface area (Å²) in [5.74, 6) is 0.0868. The molecule has 1 atom stereocenters. The Labute approximate surface area is 128 Å². The molecule has 0 amide bonds. The molecule has 5 heteroatoms. The largest absolute Gasteiger partial charge is 0.508 e. The van der Waals surface area contributed by atoms with E-state index in [1.54, 1.807) is 6.92 Å². The Kier molecular flexibility index (Phi) is 3.24. The van der Waals surface area contributed by atoms with Gasteiger partial charge in [0.15, 0.2) is 0 Å². The SMILES string of the molecule is Cc1c(O)cc(Cl)c(Cl)c1[C@@H](N)C12CCC(F)(CC1)C2. The number of alkyl halides is 1. The zero-order valence-corrected chi connectivity index (χ0v) is 12.9. The van der Waals surface area contributed by atoms with E-state index in [1.807, 2.05) is 0 Å². The van der Waals surface area contributed by atoms with Gasteiger partial charge in [0.05, 0.1) is 10.0 Å². The first-order valence-electron chi connectivity index (χ1n) is 6.90. The van der Waals surface area contributed by atoms with Crippen molar-refractivity contribution in [2.75, 3.05) is 0 Å². The molecule has 0 aromatic heterocycles. The maximum absolute atomic E-state index is 14.4. The lowest BCUT2D eigenvalue weighted by Gasteiger charge is -2.34. The van der Waals surface area contributed by atoms with Crippen molar-refractivity contribution in [2.45, 2.75) is 50.7 Å². The fourth-order valence-corrected chi connectivity index (χ4v) is 4.52. The number of hydrogen-bond acceptors (Lipinski definition) is 2. The molecule has 2 nitrogen and oxygen atoms in total. The highest BCUT2D eigenvalue weighted by Crippen LogP contribution is 2.63. The Morgan fingerprint density at radius 1 is 1.30 bits per heavy atom. The number of hydrogen-bond donors (Lipinski definition) is 2. The maximum Gasteiger partial charge on any atom is 0.120 e. The van der Waals surface area contributed by atoms with Crippen molar-refractivity contribution in [1.82, 2.24) is 0 Å². The zero-order chi connectivity index (χ0) is 14.7. The normalized spacial score (nSPS) is 33.6. The number of nitrogens with two attached hydrogens (primary N) is 1. The van der Waals surface area contributed by atoms with E-state index in [-0.39, 0.29) is 17.2 Å².